The Balaban J connectivity index is 2.11. The summed E-state index contributed by atoms with van der Waals surface area (Å²) in [6.45, 7) is 9.24. The number of rotatable bonds is 6. The van der Waals surface area contributed by atoms with Crippen LogP contribution in [0.3, 0.4) is 0 Å². The van der Waals surface area contributed by atoms with Gasteiger partial charge < -0.3 is 15.0 Å². The van der Waals surface area contributed by atoms with Crippen LogP contribution in [-0.2, 0) is 17.9 Å². The van der Waals surface area contributed by atoms with Crippen molar-refractivity contribution in [3.63, 3.8) is 0 Å². The van der Waals surface area contributed by atoms with Gasteiger partial charge in [0.2, 0.25) is 0 Å². The molecule has 0 saturated carbocycles. The fraction of sp³-hybridized carbons (Fsp3) is 0.786. The fourth-order valence-corrected chi connectivity index (χ4v) is 3.56. The van der Waals surface area contributed by atoms with Gasteiger partial charge in [0.1, 0.15) is 0 Å². The molecule has 5 heteroatoms. The van der Waals surface area contributed by atoms with E-state index in [1.807, 2.05) is 11.3 Å². The molecular weight excluding hydrogens is 258 g/mol. The van der Waals surface area contributed by atoms with E-state index < -0.39 is 0 Å². The Kier molecular flexibility index (Phi) is 5.60. The summed E-state index contributed by atoms with van der Waals surface area (Å²) in [4.78, 5) is 8.54. The Labute approximate surface area is 120 Å². The molecule has 1 unspecified atom stereocenters. The zero-order valence-corrected chi connectivity index (χ0v) is 13.1. The number of aromatic nitrogens is 1. The molecular formula is C14H25N3OS. The van der Waals surface area contributed by atoms with Crippen molar-refractivity contribution in [3.8, 4) is 0 Å². The molecule has 1 fully saturated rings. The van der Waals surface area contributed by atoms with Gasteiger partial charge in [-0.2, -0.15) is 0 Å². The largest absolute Gasteiger partial charge is 0.378 e. The van der Waals surface area contributed by atoms with E-state index in [0.29, 0.717) is 6.61 Å². The van der Waals surface area contributed by atoms with Crippen molar-refractivity contribution < 1.29 is 4.74 Å². The summed E-state index contributed by atoms with van der Waals surface area (Å²) in [5, 5.41) is 4.56. The SMILES string of the molecule is CCNCc1sc(N2CCCC(C)C2)nc1COC. The van der Waals surface area contributed by atoms with Crippen molar-refractivity contribution >= 4 is 16.5 Å². The monoisotopic (exact) mass is 283 g/mol. The molecule has 4 nitrogen and oxygen atoms in total. The first kappa shape index (κ1) is 14.8. The molecule has 1 aliphatic rings. The average Bonchev–Trinajstić information content (AvgIpc) is 2.80. The summed E-state index contributed by atoms with van der Waals surface area (Å²) in [5.74, 6) is 0.778. The number of piperidine rings is 1. The topological polar surface area (TPSA) is 37.4 Å². The maximum atomic E-state index is 5.27. The first-order valence-electron chi connectivity index (χ1n) is 7.17. The van der Waals surface area contributed by atoms with Crippen LogP contribution in [0, 0.1) is 5.92 Å². The third-order valence-corrected chi connectivity index (χ3v) is 4.67. The normalized spacial score (nSPS) is 19.9. The van der Waals surface area contributed by atoms with Crippen molar-refractivity contribution in [2.75, 3.05) is 31.6 Å². The fourth-order valence-electron chi connectivity index (χ4n) is 2.49. The number of hydrogen-bond donors (Lipinski definition) is 1. The van der Waals surface area contributed by atoms with E-state index >= 15 is 0 Å². The number of hydrogen-bond acceptors (Lipinski definition) is 5. The molecule has 19 heavy (non-hydrogen) atoms. The van der Waals surface area contributed by atoms with E-state index in [2.05, 4.69) is 24.1 Å². The smallest absolute Gasteiger partial charge is 0.185 e. The lowest BCUT2D eigenvalue weighted by Crippen LogP contribution is -2.34. The lowest BCUT2D eigenvalue weighted by molar-refractivity contribution is 0.181. The Morgan fingerprint density at radius 3 is 3.05 bits per heavy atom. The highest BCUT2D eigenvalue weighted by Crippen LogP contribution is 2.30. The van der Waals surface area contributed by atoms with Crippen LogP contribution in [0.5, 0.6) is 0 Å². The van der Waals surface area contributed by atoms with Crippen LogP contribution in [0.25, 0.3) is 0 Å². The Bertz CT molecular complexity index is 394. The highest BCUT2D eigenvalue weighted by molar-refractivity contribution is 7.15. The molecule has 1 atom stereocenters. The lowest BCUT2D eigenvalue weighted by Gasteiger charge is -2.30. The predicted molar refractivity (Wildman–Crippen MR) is 80.8 cm³/mol. The second-order valence-corrected chi connectivity index (χ2v) is 6.34. The van der Waals surface area contributed by atoms with Crippen LogP contribution in [0.15, 0.2) is 0 Å². The van der Waals surface area contributed by atoms with Crippen molar-refractivity contribution in [1.29, 1.82) is 0 Å². The lowest BCUT2D eigenvalue weighted by atomic mass is 10.0. The van der Waals surface area contributed by atoms with Gasteiger partial charge in [0.25, 0.3) is 0 Å². The van der Waals surface area contributed by atoms with Crippen molar-refractivity contribution in [2.45, 2.75) is 39.8 Å². The van der Waals surface area contributed by atoms with Gasteiger partial charge in [-0.3, -0.25) is 0 Å². The minimum Gasteiger partial charge on any atom is -0.378 e. The molecule has 0 amide bonds. The number of thiazole rings is 1. The van der Waals surface area contributed by atoms with Gasteiger partial charge in [-0.25, -0.2) is 4.98 Å². The van der Waals surface area contributed by atoms with E-state index in [4.69, 9.17) is 9.72 Å². The van der Waals surface area contributed by atoms with Crippen LogP contribution in [0.1, 0.15) is 37.3 Å². The van der Waals surface area contributed by atoms with E-state index in [1.165, 1.54) is 22.9 Å². The van der Waals surface area contributed by atoms with Crippen LogP contribution in [0.2, 0.25) is 0 Å². The maximum Gasteiger partial charge on any atom is 0.185 e. The molecule has 2 heterocycles. The molecule has 0 spiro atoms. The first-order chi connectivity index (χ1) is 9.24. The number of methoxy groups -OCH3 is 1. The summed E-state index contributed by atoms with van der Waals surface area (Å²) in [7, 11) is 1.74. The first-order valence-corrected chi connectivity index (χ1v) is 7.99. The Morgan fingerprint density at radius 2 is 2.37 bits per heavy atom. The summed E-state index contributed by atoms with van der Waals surface area (Å²) in [6, 6.07) is 0. The molecule has 0 radical (unpaired) electrons. The Hall–Kier alpha value is -0.650. The second-order valence-electron chi connectivity index (χ2n) is 5.27. The van der Waals surface area contributed by atoms with E-state index in [1.54, 1.807) is 7.11 Å². The minimum absolute atomic E-state index is 0.612. The molecule has 0 aliphatic carbocycles. The van der Waals surface area contributed by atoms with Gasteiger partial charge in [-0.05, 0) is 25.3 Å². The predicted octanol–water partition coefficient (Wildman–Crippen LogP) is 2.64. The molecule has 1 N–H and O–H groups in total. The summed E-state index contributed by atoms with van der Waals surface area (Å²) in [6.07, 6.45) is 2.62. The van der Waals surface area contributed by atoms with Gasteiger partial charge in [0.05, 0.1) is 12.3 Å². The second kappa shape index (κ2) is 7.22. The molecule has 1 aliphatic heterocycles. The van der Waals surface area contributed by atoms with Crippen molar-refractivity contribution in [2.24, 2.45) is 5.92 Å². The molecule has 2 rings (SSSR count). The van der Waals surface area contributed by atoms with Crippen molar-refractivity contribution in [1.82, 2.24) is 10.3 Å². The van der Waals surface area contributed by atoms with Gasteiger partial charge in [-0.15, -0.1) is 11.3 Å². The third-order valence-electron chi connectivity index (χ3n) is 3.51. The highest BCUT2D eigenvalue weighted by atomic mass is 32.1. The summed E-state index contributed by atoms with van der Waals surface area (Å²) < 4.78 is 5.27. The van der Waals surface area contributed by atoms with Crippen LogP contribution in [-0.4, -0.2) is 31.7 Å². The maximum absolute atomic E-state index is 5.27. The minimum atomic E-state index is 0.612. The number of ether oxygens (including phenoxy) is 1. The molecule has 1 saturated heterocycles. The third kappa shape index (κ3) is 3.91. The van der Waals surface area contributed by atoms with Crippen molar-refractivity contribution in [3.05, 3.63) is 10.6 Å². The zero-order valence-electron chi connectivity index (χ0n) is 12.2. The average molecular weight is 283 g/mol. The number of nitrogens with zero attached hydrogens (tertiary/aromatic N) is 2. The van der Waals surface area contributed by atoms with Crippen LogP contribution < -0.4 is 10.2 Å². The highest BCUT2D eigenvalue weighted by Gasteiger charge is 2.21. The van der Waals surface area contributed by atoms with Crippen LogP contribution >= 0.6 is 11.3 Å². The quantitative estimate of drug-likeness (QED) is 0.871. The zero-order chi connectivity index (χ0) is 13.7. The molecule has 108 valence electrons. The van der Waals surface area contributed by atoms with E-state index in [-0.39, 0.29) is 0 Å². The van der Waals surface area contributed by atoms with Gasteiger partial charge in [0, 0.05) is 31.6 Å². The molecule has 0 aromatic carbocycles. The summed E-state index contributed by atoms with van der Waals surface area (Å²) in [5.41, 5.74) is 1.10. The molecule has 1 aromatic rings. The summed E-state index contributed by atoms with van der Waals surface area (Å²) >= 11 is 1.82. The van der Waals surface area contributed by atoms with E-state index in [9.17, 15) is 0 Å². The Morgan fingerprint density at radius 1 is 1.53 bits per heavy atom. The van der Waals surface area contributed by atoms with Crippen LogP contribution in [0.4, 0.5) is 5.13 Å². The van der Waals surface area contributed by atoms with Gasteiger partial charge in [-0.1, -0.05) is 13.8 Å². The number of anilines is 1. The molecule has 0 bridgehead atoms. The van der Waals surface area contributed by atoms with Gasteiger partial charge >= 0.3 is 0 Å². The van der Waals surface area contributed by atoms with Gasteiger partial charge in [0.15, 0.2) is 5.13 Å². The standard InChI is InChI=1S/C14H25N3OS/c1-4-15-8-13-12(10-18-3)16-14(19-13)17-7-5-6-11(2)9-17/h11,15H,4-10H2,1-3H3. The number of nitrogens with one attached hydrogen (secondary N) is 1. The molecule has 1 aromatic heterocycles. The van der Waals surface area contributed by atoms with E-state index in [0.717, 1.165) is 37.8 Å².